The van der Waals surface area contributed by atoms with Gasteiger partial charge in [-0.2, -0.15) is 0 Å². The van der Waals surface area contributed by atoms with Crippen LogP contribution in [0.3, 0.4) is 0 Å². The Kier molecular flexibility index (Phi) is 6.43. The fourth-order valence-corrected chi connectivity index (χ4v) is 6.54. The second-order valence-electron chi connectivity index (χ2n) is 9.92. The first-order valence-corrected chi connectivity index (χ1v) is 12.5. The van der Waals surface area contributed by atoms with E-state index in [4.69, 9.17) is 18.9 Å². The molecule has 2 aromatic rings. The third-order valence-electron chi connectivity index (χ3n) is 8.37. The number of rotatable bonds is 6. The minimum absolute atomic E-state index is 0.497. The van der Waals surface area contributed by atoms with Crippen LogP contribution in [0.15, 0.2) is 24.3 Å². The predicted octanol–water partition coefficient (Wildman–Crippen LogP) is 1.38. The summed E-state index contributed by atoms with van der Waals surface area (Å²) in [5.74, 6) is 4.49. The van der Waals surface area contributed by atoms with Crippen LogP contribution < -0.4 is 28.8 Å². The lowest BCUT2D eigenvalue weighted by atomic mass is 9.72. The van der Waals surface area contributed by atoms with Crippen LogP contribution in [0.2, 0.25) is 0 Å². The first-order chi connectivity index (χ1) is 16.6. The molecule has 6 nitrogen and oxygen atoms in total. The highest BCUT2D eigenvalue weighted by Gasteiger charge is 2.44. The molecule has 3 aliphatic heterocycles. The standard InChI is InChI=1S/C28H36N2O4/c1-17-18(12-23-21-15-26(33-4)24(31-2)13-19(21)6-9-29-23)7-10-30-11-8-20-14-25(32-3)27(34-5)16-22(20)28(17)30/h13-18,28H,6-12H2,1-5H3/p+2/t17-,18+,28+/m1/s1. The number of fused-ring (bicyclic) bond motifs is 4. The molecule has 34 heavy (non-hydrogen) atoms. The maximum absolute atomic E-state index is 5.67. The first kappa shape index (κ1) is 23.0. The van der Waals surface area contributed by atoms with E-state index in [2.05, 4.69) is 36.2 Å². The van der Waals surface area contributed by atoms with Gasteiger partial charge in [-0.15, -0.1) is 0 Å². The molecule has 1 saturated heterocycles. The number of quaternary nitrogens is 1. The Bertz CT molecular complexity index is 1100. The molecule has 6 heteroatoms. The lowest BCUT2D eigenvalue weighted by Gasteiger charge is -2.44. The summed E-state index contributed by atoms with van der Waals surface area (Å²) >= 11 is 0. The van der Waals surface area contributed by atoms with Crippen LogP contribution in [0.4, 0.5) is 0 Å². The van der Waals surface area contributed by atoms with Gasteiger partial charge < -0.3 is 23.8 Å². The van der Waals surface area contributed by atoms with Gasteiger partial charge in [0, 0.05) is 42.7 Å². The summed E-state index contributed by atoms with van der Waals surface area (Å²) in [6.45, 7) is 5.84. The molecule has 1 unspecified atom stereocenters. The number of nitrogens with one attached hydrogen (secondary N) is 2. The molecule has 3 aliphatic rings. The van der Waals surface area contributed by atoms with Crippen molar-refractivity contribution in [1.82, 2.24) is 0 Å². The summed E-state index contributed by atoms with van der Waals surface area (Å²) in [7, 11) is 6.88. The maximum Gasteiger partial charge on any atom is 0.182 e. The van der Waals surface area contributed by atoms with Crippen molar-refractivity contribution in [2.24, 2.45) is 11.8 Å². The van der Waals surface area contributed by atoms with Crippen molar-refractivity contribution in [3.8, 4) is 23.0 Å². The van der Waals surface area contributed by atoms with Crippen LogP contribution in [0.5, 0.6) is 23.0 Å². The molecule has 5 rings (SSSR count). The van der Waals surface area contributed by atoms with Gasteiger partial charge in [0.05, 0.1) is 41.5 Å². The molecule has 1 fully saturated rings. The molecule has 4 atom stereocenters. The first-order valence-electron chi connectivity index (χ1n) is 12.5. The Hall–Kier alpha value is -2.73. The van der Waals surface area contributed by atoms with Crippen LogP contribution in [0.25, 0.3) is 0 Å². The highest BCUT2D eigenvalue weighted by atomic mass is 16.5. The molecule has 0 radical (unpaired) electrons. The summed E-state index contributed by atoms with van der Waals surface area (Å²) in [5, 5.41) is 0. The molecule has 0 spiro atoms. The average molecular weight is 467 g/mol. The van der Waals surface area contributed by atoms with Crippen molar-refractivity contribution in [2.45, 2.75) is 38.6 Å². The number of hydrogen-bond donors (Lipinski definition) is 2. The van der Waals surface area contributed by atoms with E-state index in [1.165, 1.54) is 47.5 Å². The Balaban J connectivity index is 1.43. The van der Waals surface area contributed by atoms with E-state index in [1.54, 1.807) is 33.3 Å². The number of benzene rings is 2. The number of ether oxygens (including phenoxy) is 4. The van der Waals surface area contributed by atoms with Crippen molar-refractivity contribution in [3.05, 3.63) is 46.5 Å². The van der Waals surface area contributed by atoms with E-state index in [9.17, 15) is 0 Å². The molecule has 182 valence electrons. The van der Waals surface area contributed by atoms with Crippen LogP contribution in [0.1, 0.15) is 48.1 Å². The van der Waals surface area contributed by atoms with Crippen LogP contribution in [-0.2, 0) is 12.8 Å². The van der Waals surface area contributed by atoms with Crippen LogP contribution in [-0.4, -0.2) is 53.8 Å². The molecular formula is C28H38N2O4+2. The quantitative estimate of drug-likeness (QED) is 0.676. The third-order valence-corrected chi connectivity index (χ3v) is 8.37. The Morgan fingerprint density at radius 3 is 2.18 bits per heavy atom. The van der Waals surface area contributed by atoms with Crippen molar-refractivity contribution < 1.29 is 28.8 Å². The summed E-state index contributed by atoms with van der Waals surface area (Å²) in [6, 6.07) is 9.26. The molecule has 2 N–H and O–H groups in total. The van der Waals surface area contributed by atoms with Gasteiger partial charge in [0.15, 0.2) is 28.7 Å². The van der Waals surface area contributed by atoms with E-state index in [-0.39, 0.29) is 0 Å². The average Bonchev–Trinajstić information content (AvgIpc) is 2.88. The van der Waals surface area contributed by atoms with Crippen molar-refractivity contribution in [2.75, 3.05) is 48.1 Å². The lowest BCUT2D eigenvalue weighted by Crippen LogP contribution is -3.15. The summed E-state index contributed by atoms with van der Waals surface area (Å²) in [4.78, 5) is 5.45. The zero-order valence-electron chi connectivity index (χ0n) is 21.1. The fraction of sp³-hybridized carbons (Fsp3) is 0.536. The molecule has 0 aliphatic carbocycles. The zero-order valence-corrected chi connectivity index (χ0v) is 21.1. The third kappa shape index (κ3) is 3.92. The molecule has 0 amide bonds. The normalized spacial score (nSPS) is 25.4. The monoisotopic (exact) mass is 466 g/mol. The largest absolute Gasteiger partial charge is 0.493 e. The number of piperidine rings is 1. The molecule has 3 heterocycles. The minimum atomic E-state index is 0.497. The Labute approximate surface area is 202 Å². The van der Waals surface area contributed by atoms with Gasteiger partial charge >= 0.3 is 0 Å². The summed E-state index contributed by atoms with van der Waals surface area (Å²) < 4.78 is 22.4. The number of hydrogen-bond acceptors (Lipinski definition) is 4. The topological polar surface area (TPSA) is 55.3 Å². The molecule has 0 saturated carbocycles. The molecule has 2 aromatic carbocycles. The fourth-order valence-electron chi connectivity index (χ4n) is 6.54. The van der Waals surface area contributed by atoms with Gasteiger partial charge in [-0.25, -0.2) is 4.99 Å². The highest BCUT2D eigenvalue weighted by Crippen LogP contribution is 2.41. The smallest absolute Gasteiger partial charge is 0.182 e. The zero-order chi connectivity index (χ0) is 23.8. The Morgan fingerprint density at radius 1 is 0.824 bits per heavy atom. The SMILES string of the molecule is COc1cc2c(cc1OC)C(C[C@@H]1CC[NH+]3CCc4cc(OC)c(OC)cc4[C@@H]3[C@@H]1C)=[NH+]CC2. The number of methoxy groups -OCH3 is 4. The second-order valence-corrected chi connectivity index (χ2v) is 9.92. The molecular weight excluding hydrogens is 428 g/mol. The van der Waals surface area contributed by atoms with Gasteiger partial charge in [0.25, 0.3) is 0 Å². The highest BCUT2D eigenvalue weighted by molar-refractivity contribution is 5.99. The van der Waals surface area contributed by atoms with Gasteiger partial charge in [-0.3, -0.25) is 0 Å². The van der Waals surface area contributed by atoms with Gasteiger partial charge in [-0.1, -0.05) is 6.92 Å². The van der Waals surface area contributed by atoms with Crippen molar-refractivity contribution in [1.29, 1.82) is 0 Å². The van der Waals surface area contributed by atoms with Crippen molar-refractivity contribution in [3.63, 3.8) is 0 Å². The van der Waals surface area contributed by atoms with Gasteiger partial charge in [0.2, 0.25) is 0 Å². The minimum Gasteiger partial charge on any atom is -0.493 e. The van der Waals surface area contributed by atoms with Crippen molar-refractivity contribution >= 4 is 5.71 Å². The molecule has 0 bridgehead atoms. The van der Waals surface area contributed by atoms with E-state index < -0.39 is 0 Å². The van der Waals surface area contributed by atoms with Gasteiger partial charge in [-0.05, 0) is 41.3 Å². The summed E-state index contributed by atoms with van der Waals surface area (Å²) in [5.41, 5.74) is 6.86. The molecule has 0 aromatic heterocycles. The lowest BCUT2D eigenvalue weighted by molar-refractivity contribution is -0.945. The van der Waals surface area contributed by atoms with E-state index >= 15 is 0 Å². The van der Waals surface area contributed by atoms with Crippen LogP contribution >= 0.6 is 0 Å². The van der Waals surface area contributed by atoms with E-state index in [0.717, 1.165) is 48.8 Å². The maximum atomic E-state index is 5.67. The Morgan fingerprint density at radius 2 is 1.47 bits per heavy atom. The van der Waals surface area contributed by atoms with Crippen LogP contribution in [0, 0.1) is 11.8 Å². The van der Waals surface area contributed by atoms with E-state index in [0.29, 0.717) is 17.9 Å². The predicted molar refractivity (Wildman–Crippen MR) is 132 cm³/mol. The van der Waals surface area contributed by atoms with Gasteiger partial charge in [0.1, 0.15) is 12.6 Å². The summed E-state index contributed by atoms with van der Waals surface area (Å²) in [6.07, 6.45) is 4.43. The second kappa shape index (κ2) is 9.49. The van der Waals surface area contributed by atoms with E-state index in [1.807, 2.05) is 0 Å².